The lowest BCUT2D eigenvalue weighted by atomic mass is 10.1. The van der Waals surface area contributed by atoms with Gasteiger partial charge in [0.05, 0.1) is 5.39 Å². The Kier molecular flexibility index (Phi) is 2.07. The minimum atomic E-state index is -0.149. The van der Waals surface area contributed by atoms with E-state index in [4.69, 9.17) is 5.73 Å². The zero-order chi connectivity index (χ0) is 10.3. The van der Waals surface area contributed by atoms with Gasteiger partial charge in [0.2, 0.25) is 0 Å². The minimum absolute atomic E-state index is 0.149. The van der Waals surface area contributed by atoms with Crippen molar-refractivity contribution >= 4 is 32.4 Å². The van der Waals surface area contributed by atoms with Crippen molar-refractivity contribution in [1.29, 1.82) is 0 Å². The van der Waals surface area contributed by atoms with Gasteiger partial charge in [0.1, 0.15) is 0 Å². The molecule has 0 radical (unpaired) electrons. The number of fused-ring (bicyclic) bond motifs is 1. The van der Waals surface area contributed by atoms with E-state index in [1.54, 1.807) is 6.20 Å². The van der Waals surface area contributed by atoms with E-state index >= 15 is 0 Å². The van der Waals surface area contributed by atoms with Crippen LogP contribution in [0.3, 0.4) is 0 Å². The normalized spacial score (nSPS) is 10.7. The third-order valence-electron chi connectivity index (χ3n) is 2.26. The van der Waals surface area contributed by atoms with E-state index in [9.17, 15) is 4.79 Å². The van der Waals surface area contributed by atoms with Crippen molar-refractivity contribution in [2.24, 2.45) is 0 Å². The first-order valence-corrected chi connectivity index (χ1v) is 4.96. The van der Waals surface area contributed by atoms with Crippen molar-refractivity contribution in [3.8, 4) is 0 Å². The number of hydrogen-bond acceptors (Lipinski definition) is 2. The molecule has 1 aromatic heterocycles. The van der Waals surface area contributed by atoms with Gasteiger partial charge in [0, 0.05) is 21.7 Å². The Morgan fingerprint density at radius 2 is 2.21 bits per heavy atom. The second-order valence-electron chi connectivity index (χ2n) is 3.18. The number of hydrogen-bond donors (Lipinski definition) is 2. The molecule has 2 aromatic rings. The number of aromatic nitrogens is 1. The quantitative estimate of drug-likeness (QED) is 0.707. The Labute approximate surface area is 89.1 Å². The van der Waals surface area contributed by atoms with Crippen LogP contribution in [0.1, 0.15) is 5.56 Å². The van der Waals surface area contributed by atoms with Gasteiger partial charge in [0.15, 0.2) is 0 Å². The molecule has 0 fully saturated rings. The van der Waals surface area contributed by atoms with E-state index in [0.29, 0.717) is 11.1 Å². The van der Waals surface area contributed by atoms with Crippen LogP contribution in [0.4, 0.5) is 5.69 Å². The highest BCUT2D eigenvalue weighted by Crippen LogP contribution is 2.28. The largest absolute Gasteiger partial charge is 0.398 e. The number of aromatic amines is 1. The van der Waals surface area contributed by atoms with Crippen LogP contribution in [-0.4, -0.2) is 4.98 Å². The number of aryl methyl sites for hydroxylation is 1. The maximum Gasteiger partial charge on any atom is 0.257 e. The predicted molar refractivity (Wildman–Crippen MR) is 61.4 cm³/mol. The fraction of sp³-hybridized carbons (Fsp3) is 0.100. The van der Waals surface area contributed by atoms with Gasteiger partial charge in [-0.15, -0.1) is 0 Å². The maximum absolute atomic E-state index is 11.5. The molecule has 0 aliphatic rings. The Morgan fingerprint density at radius 1 is 1.50 bits per heavy atom. The number of pyridine rings is 1. The average Bonchev–Trinajstić information content (AvgIpc) is 2.14. The molecule has 14 heavy (non-hydrogen) atoms. The summed E-state index contributed by atoms with van der Waals surface area (Å²) in [6.45, 7) is 1.88. The van der Waals surface area contributed by atoms with Crippen molar-refractivity contribution in [1.82, 2.24) is 4.98 Å². The molecule has 1 aromatic carbocycles. The monoisotopic (exact) mass is 252 g/mol. The molecule has 1 heterocycles. The fourth-order valence-electron chi connectivity index (χ4n) is 1.49. The number of rotatable bonds is 0. The van der Waals surface area contributed by atoms with Crippen LogP contribution in [0.15, 0.2) is 27.6 Å². The lowest BCUT2D eigenvalue weighted by Crippen LogP contribution is -2.08. The molecule has 0 saturated heterocycles. The highest BCUT2D eigenvalue weighted by atomic mass is 79.9. The predicted octanol–water partition coefficient (Wildman–Crippen LogP) is 2.18. The minimum Gasteiger partial charge on any atom is -0.398 e. The molecule has 0 bridgehead atoms. The van der Waals surface area contributed by atoms with Crippen molar-refractivity contribution in [3.05, 3.63) is 38.7 Å². The van der Waals surface area contributed by atoms with Gasteiger partial charge >= 0.3 is 0 Å². The van der Waals surface area contributed by atoms with Gasteiger partial charge in [-0.2, -0.15) is 0 Å². The smallest absolute Gasteiger partial charge is 0.257 e. The zero-order valence-corrected chi connectivity index (χ0v) is 9.18. The molecule has 0 saturated carbocycles. The molecular weight excluding hydrogens is 244 g/mol. The van der Waals surface area contributed by atoms with Crippen molar-refractivity contribution in [2.45, 2.75) is 6.92 Å². The van der Waals surface area contributed by atoms with Gasteiger partial charge in [-0.3, -0.25) is 4.79 Å². The van der Waals surface area contributed by atoms with Gasteiger partial charge in [-0.25, -0.2) is 0 Å². The SMILES string of the molecule is Cc1cc(Br)c2cc[nH]c(=O)c2c1N. The summed E-state index contributed by atoms with van der Waals surface area (Å²) in [5.41, 5.74) is 7.15. The van der Waals surface area contributed by atoms with E-state index in [0.717, 1.165) is 15.4 Å². The second-order valence-corrected chi connectivity index (χ2v) is 4.04. The van der Waals surface area contributed by atoms with Gasteiger partial charge in [0.25, 0.3) is 5.56 Å². The molecule has 3 N–H and O–H groups in total. The van der Waals surface area contributed by atoms with Gasteiger partial charge in [-0.05, 0) is 24.6 Å². The summed E-state index contributed by atoms with van der Waals surface area (Å²) in [6, 6.07) is 3.74. The number of nitrogens with one attached hydrogen (secondary N) is 1. The molecular formula is C10H9BrN2O. The van der Waals surface area contributed by atoms with Crippen LogP contribution in [-0.2, 0) is 0 Å². The molecule has 4 heteroatoms. The molecule has 0 atom stereocenters. The number of benzene rings is 1. The molecule has 2 rings (SSSR count). The molecule has 0 aliphatic heterocycles. The highest BCUT2D eigenvalue weighted by molar-refractivity contribution is 9.10. The number of nitrogens with two attached hydrogens (primary N) is 1. The summed E-state index contributed by atoms with van der Waals surface area (Å²) in [4.78, 5) is 14.2. The summed E-state index contributed by atoms with van der Waals surface area (Å²) >= 11 is 3.41. The van der Waals surface area contributed by atoms with Crippen molar-refractivity contribution in [2.75, 3.05) is 5.73 Å². The van der Waals surface area contributed by atoms with Crippen molar-refractivity contribution < 1.29 is 0 Å². The lowest BCUT2D eigenvalue weighted by Gasteiger charge is -2.06. The summed E-state index contributed by atoms with van der Waals surface area (Å²) < 4.78 is 0.894. The van der Waals surface area contributed by atoms with Crippen LogP contribution in [0.2, 0.25) is 0 Å². The maximum atomic E-state index is 11.5. The third kappa shape index (κ3) is 1.23. The molecule has 0 spiro atoms. The molecule has 0 amide bonds. The fourth-order valence-corrected chi connectivity index (χ4v) is 2.16. The average molecular weight is 253 g/mol. The lowest BCUT2D eigenvalue weighted by molar-refractivity contribution is 1.27. The second kappa shape index (κ2) is 3.13. The zero-order valence-electron chi connectivity index (χ0n) is 7.60. The van der Waals surface area contributed by atoms with E-state index in [2.05, 4.69) is 20.9 Å². The Bertz CT molecular complexity index is 560. The Hall–Kier alpha value is -1.29. The number of halogens is 1. The first kappa shape index (κ1) is 9.27. The van der Waals surface area contributed by atoms with Gasteiger partial charge in [-0.1, -0.05) is 15.9 Å². The topological polar surface area (TPSA) is 58.9 Å². The highest BCUT2D eigenvalue weighted by Gasteiger charge is 2.08. The first-order chi connectivity index (χ1) is 6.61. The number of nitrogen functional groups attached to an aromatic ring is 1. The van der Waals surface area contributed by atoms with E-state index in [1.807, 2.05) is 19.1 Å². The van der Waals surface area contributed by atoms with Crippen LogP contribution in [0.25, 0.3) is 10.8 Å². The summed E-state index contributed by atoms with van der Waals surface area (Å²) in [5, 5.41) is 1.40. The van der Waals surface area contributed by atoms with Crippen LogP contribution in [0, 0.1) is 6.92 Å². The Balaban J connectivity index is 3.11. The third-order valence-corrected chi connectivity index (χ3v) is 2.91. The number of H-pyrrole nitrogens is 1. The van der Waals surface area contributed by atoms with Crippen LogP contribution >= 0.6 is 15.9 Å². The van der Waals surface area contributed by atoms with E-state index in [-0.39, 0.29) is 5.56 Å². The van der Waals surface area contributed by atoms with Gasteiger partial charge < -0.3 is 10.7 Å². The molecule has 72 valence electrons. The summed E-state index contributed by atoms with van der Waals surface area (Å²) in [6.07, 6.45) is 1.62. The standard InChI is InChI=1S/C10H9BrN2O/c1-5-4-7(11)6-2-3-13-10(14)8(6)9(5)12/h2-4H,12H2,1H3,(H,13,14). The molecule has 0 aliphatic carbocycles. The van der Waals surface area contributed by atoms with E-state index < -0.39 is 0 Å². The summed E-state index contributed by atoms with van der Waals surface area (Å²) in [5.74, 6) is 0. The Morgan fingerprint density at radius 3 is 2.93 bits per heavy atom. The molecule has 0 unspecified atom stereocenters. The van der Waals surface area contributed by atoms with Crippen LogP contribution < -0.4 is 11.3 Å². The summed E-state index contributed by atoms with van der Waals surface area (Å²) in [7, 11) is 0. The molecule has 3 nitrogen and oxygen atoms in total. The number of anilines is 1. The first-order valence-electron chi connectivity index (χ1n) is 4.17. The van der Waals surface area contributed by atoms with Crippen LogP contribution in [0.5, 0.6) is 0 Å². The van der Waals surface area contributed by atoms with Crippen molar-refractivity contribution in [3.63, 3.8) is 0 Å². The van der Waals surface area contributed by atoms with E-state index in [1.165, 1.54) is 0 Å².